The van der Waals surface area contributed by atoms with Crippen LogP contribution in [0.3, 0.4) is 0 Å². The zero-order valence-corrected chi connectivity index (χ0v) is 10.9. The summed E-state index contributed by atoms with van der Waals surface area (Å²) >= 11 is 0. The summed E-state index contributed by atoms with van der Waals surface area (Å²) in [7, 11) is 0. The monoisotopic (exact) mass is 268 g/mol. The number of rotatable bonds is 4. The van der Waals surface area contributed by atoms with Crippen molar-refractivity contribution in [1.29, 1.82) is 0 Å². The molecule has 1 unspecified atom stereocenters. The molecular weight excluding hydrogens is 250 g/mol. The van der Waals surface area contributed by atoms with Gasteiger partial charge < -0.3 is 10.6 Å². The quantitative estimate of drug-likeness (QED) is 0.881. The Morgan fingerprint density at radius 1 is 1.42 bits per heavy atom. The lowest BCUT2D eigenvalue weighted by atomic mass is 10.0. The van der Waals surface area contributed by atoms with Crippen LogP contribution < -0.4 is 10.6 Å². The Balaban J connectivity index is 1.89. The van der Waals surface area contributed by atoms with E-state index >= 15 is 0 Å². The van der Waals surface area contributed by atoms with Crippen LogP contribution in [0.1, 0.15) is 24.8 Å². The maximum Gasteiger partial charge on any atom is 0.224 e. The lowest BCUT2D eigenvalue weighted by Crippen LogP contribution is -2.16. The molecule has 0 bridgehead atoms. The Labute approximate surface area is 111 Å². The van der Waals surface area contributed by atoms with Gasteiger partial charge in [0.15, 0.2) is 0 Å². The third-order valence-electron chi connectivity index (χ3n) is 3.46. The molecule has 104 valence electrons. The molecule has 1 aromatic carbocycles. The SMILES string of the molecule is Cc1cc(F)c(NC(=O)CCC2CCNC2)cc1F. The van der Waals surface area contributed by atoms with Crippen molar-refractivity contribution in [3.05, 3.63) is 29.3 Å². The lowest BCUT2D eigenvalue weighted by molar-refractivity contribution is -0.116. The standard InChI is InChI=1S/C14H18F2N2O/c1-9-6-12(16)13(7-11(9)15)18-14(19)3-2-10-4-5-17-8-10/h6-7,10,17H,2-5,8H2,1H3,(H,18,19). The fraction of sp³-hybridized carbons (Fsp3) is 0.500. The summed E-state index contributed by atoms with van der Waals surface area (Å²) in [6.07, 6.45) is 2.18. The van der Waals surface area contributed by atoms with Gasteiger partial charge in [0.05, 0.1) is 5.69 Å². The van der Waals surface area contributed by atoms with Crippen LogP contribution >= 0.6 is 0 Å². The molecule has 0 aliphatic carbocycles. The molecule has 2 rings (SSSR count). The van der Waals surface area contributed by atoms with E-state index in [2.05, 4.69) is 10.6 Å². The molecule has 1 saturated heterocycles. The first-order valence-electron chi connectivity index (χ1n) is 6.52. The van der Waals surface area contributed by atoms with E-state index in [4.69, 9.17) is 0 Å². The Morgan fingerprint density at radius 3 is 2.89 bits per heavy atom. The molecule has 1 amide bonds. The fourth-order valence-electron chi connectivity index (χ4n) is 2.25. The van der Waals surface area contributed by atoms with Crippen molar-refractivity contribution < 1.29 is 13.6 Å². The van der Waals surface area contributed by atoms with E-state index in [0.717, 1.165) is 38.1 Å². The minimum Gasteiger partial charge on any atom is -0.324 e. The van der Waals surface area contributed by atoms with Gasteiger partial charge in [0.25, 0.3) is 0 Å². The minimum absolute atomic E-state index is 0.0855. The average molecular weight is 268 g/mol. The molecule has 0 saturated carbocycles. The van der Waals surface area contributed by atoms with Crippen LogP contribution in [-0.2, 0) is 4.79 Å². The van der Waals surface area contributed by atoms with Crippen molar-refractivity contribution in [2.24, 2.45) is 5.92 Å². The molecule has 0 radical (unpaired) electrons. The second-order valence-corrected chi connectivity index (χ2v) is 5.03. The van der Waals surface area contributed by atoms with Gasteiger partial charge in [-0.05, 0) is 50.4 Å². The van der Waals surface area contributed by atoms with E-state index < -0.39 is 11.6 Å². The number of carbonyl (C=O) groups is 1. The summed E-state index contributed by atoms with van der Waals surface area (Å²) in [5.41, 5.74) is 0.144. The molecule has 1 aromatic rings. The summed E-state index contributed by atoms with van der Waals surface area (Å²) in [5, 5.41) is 5.66. The van der Waals surface area contributed by atoms with E-state index in [1.54, 1.807) is 0 Å². The van der Waals surface area contributed by atoms with Gasteiger partial charge in [-0.3, -0.25) is 4.79 Å². The van der Waals surface area contributed by atoms with Crippen molar-refractivity contribution >= 4 is 11.6 Å². The normalized spacial score (nSPS) is 18.6. The van der Waals surface area contributed by atoms with Gasteiger partial charge in [-0.25, -0.2) is 8.78 Å². The third-order valence-corrected chi connectivity index (χ3v) is 3.46. The van der Waals surface area contributed by atoms with Crippen LogP contribution in [0, 0.1) is 24.5 Å². The van der Waals surface area contributed by atoms with Crippen molar-refractivity contribution in [2.45, 2.75) is 26.2 Å². The molecule has 1 heterocycles. The highest BCUT2D eigenvalue weighted by Gasteiger charge is 2.16. The van der Waals surface area contributed by atoms with Gasteiger partial charge in [-0.2, -0.15) is 0 Å². The maximum atomic E-state index is 13.5. The third kappa shape index (κ3) is 3.73. The van der Waals surface area contributed by atoms with Crippen LogP contribution in [0.25, 0.3) is 0 Å². The number of amides is 1. The van der Waals surface area contributed by atoms with Crippen LogP contribution in [0.2, 0.25) is 0 Å². The second kappa shape index (κ2) is 6.10. The van der Waals surface area contributed by atoms with Crippen molar-refractivity contribution in [1.82, 2.24) is 5.32 Å². The van der Waals surface area contributed by atoms with E-state index in [0.29, 0.717) is 12.3 Å². The summed E-state index contributed by atoms with van der Waals surface area (Å²) < 4.78 is 26.9. The van der Waals surface area contributed by atoms with Crippen LogP contribution in [-0.4, -0.2) is 19.0 Å². The van der Waals surface area contributed by atoms with Crippen LogP contribution in [0.15, 0.2) is 12.1 Å². The Kier molecular flexibility index (Phi) is 4.47. The average Bonchev–Trinajstić information content (AvgIpc) is 2.86. The molecule has 1 aliphatic heterocycles. The highest BCUT2D eigenvalue weighted by Crippen LogP contribution is 2.20. The van der Waals surface area contributed by atoms with E-state index in [-0.39, 0.29) is 17.2 Å². The molecule has 1 fully saturated rings. The van der Waals surface area contributed by atoms with E-state index in [9.17, 15) is 13.6 Å². The summed E-state index contributed by atoms with van der Waals surface area (Å²) in [6.45, 7) is 3.40. The Bertz CT molecular complexity index is 471. The molecule has 0 spiro atoms. The zero-order valence-electron chi connectivity index (χ0n) is 10.9. The van der Waals surface area contributed by atoms with Gasteiger partial charge in [0, 0.05) is 12.5 Å². The van der Waals surface area contributed by atoms with Crippen molar-refractivity contribution in [3.63, 3.8) is 0 Å². The van der Waals surface area contributed by atoms with Crippen LogP contribution in [0.5, 0.6) is 0 Å². The summed E-state index contributed by atoms with van der Waals surface area (Å²) in [6, 6.07) is 2.12. The highest BCUT2D eigenvalue weighted by molar-refractivity contribution is 5.90. The van der Waals surface area contributed by atoms with Crippen LogP contribution in [0.4, 0.5) is 14.5 Å². The number of aryl methyl sites for hydroxylation is 1. The van der Waals surface area contributed by atoms with Gasteiger partial charge in [0.2, 0.25) is 5.91 Å². The zero-order chi connectivity index (χ0) is 13.8. The number of carbonyl (C=O) groups excluding carboxylic acids is 1. The predicted octanol–water partition coefficient (Wildman–Crippen LogP) is 2.60. The van der Waals surface area contributed by atoms with E-state index in [1.807, 2.05) is 0 Å². The van der Waals surface area contributed by atoms with Gasteiger partial charge >= 0.3 is 0 Å². The highest BCUT2D eigenvalue weighted by atomic mass is 19.1. The molecule has 2 N–H and O–H groups in total. The number of halogens is 2. The fourth-order valence-corrected chi connectivity index (χ4v) is 2.25. The number of anilines is 1. The number of nitrogens with one attached hydrogen (secondary N) is 2. The molecular formula is C14H18F2N2O. The van der Waals surface area contributed by atoms with Gasteiger partial charge in [-0.15, -0.1) is 0 Å². The number of hydrogen-bond donors (Lipinski definition) is 2. The van der Waals surface area contributed by atoms with Gasteiger partial charge in [-0.1, -0.05) is 0 Å². The Hall–Kier alpha value is -1.49. The largest absolute Gasteiger partial charge is 0.324 e. The van der Waals surface area contributed by atoms with E-state index in [1.165, 1.54) is 6.92 Å². The van der Waals surface area contributed by atoms with Gasteiger partial charge in [0.1, 0.15) is 11.6 Å². The predicted molar refractivity (Wildman–Crippen MR) is 69.9 cm³/mol. The smallest absolute Gasteiger partial charge is 0.224 e. The number of benzene rings is 1. The van der Waals surface area contributed by atoms with Crippen molar-refractivity contribution in [3.8, 4) is 0 Å². The van der Waals surface area contributed by atoms with Crippen molar-refractivity contribution in [2.75, 3.05) is 18.4 Å². The summed E-state index contributed by atoms with van der Waals surface area (Å²) in [5.74, 6) is -0.883. The maximum absolute atomic E-state index is 13.5. The molecule has 1 aliphatic rings. The molecule has 5 heteroatoms. The molecule has 19 heavy (non-hydrogen) atoms. The first-order chi connectivity index (χ1) is 9.06. The second-order valence-electron chi connectivity index (χ2n) is 5.03. The summed E-state index contributed by atoms with van der Waals surface area (Å²) in [4.78, 5) is 11.7. The molecule has 1 atom stereocenters. The number of hydrogen-bond acceptors (Lipinski definition) is 2. The first kappa shape index (κ1) is 13.9. The topological polar surface area (TPSA) is 41.1 Å². The first-order valence-corrected chi connectivity index (χ1v) is 6.52. The Morgan fingerprint density at radius 2 is 2.21 bits per heavy atom. The minimum atomic E-state index is -0.602. The molecule has 3 nitrogen and oxygen atoms in total. The molecule has 0 aromatic heterocycles. The lowest BCUT2D eigenvalue weighted by Gasteiger charge is -2.10.